The van der Waals surface area contributed by atoms with E-state index in [-0.39, 0.29) is 11.8 Å². The van der Waals surface area contributed by atoms with Crippen molar-refractivity contribution in [2.45, 2.75) is 25.5 Å². The topological polar surface area (TPSA) is 30.5 Å². The highest BCUT2D eigenvalue weighted by molar-refractivity contribution is 5.29. The minimum absolute atomic E-state index is 0.181. The highest BCUT2D eigenvalue weighted by Gasteiger charge is 2.24. The fourth-order valence-electron chi connectivity index (χ4n) is 2.56. The molecule has 3 nitrogen and oxygen atoms in total. The van der Waals surface area contributed by atoms with Crippen LogP contribution in [0.5, 0.6) is 5.75 Å². The van der Waals surface area contributed by atoms with Gasteiger partial charge >= 0.3 is 6.61 Å². The molecule has 0 amide bonds. The van der Waals surface area contributed by atoms with Crippen molar-refractivity contribution in [1.29, 1.82) is 0 Å². The van der Waals surface area contributed by atoms with Crippen LogP contribution < -0.4 is 10.1 Å². The molecule has 0 spiro atoms. The second kappa shape index (κ2) is 6.82. The van der Waals surface area contributed by atoms with Crippen LogP contribution in [0.1, 0.15) is 24.4 Å². The lowest BCUT2D eigenvalue weighted by atomic mass is 9.89. The third-order valence-electron chi connectivity index (χ3n) is 3.44. The zero-order valence-corrected chi connectivity index (χ0v) is 10.9. The predicted octanol–water partition coefficient (Wildman–Crippen LogP) is 2.98. The predicted molar refractivity (Wildman–Crippen MR) is 68.4 cm³/mol. The van der Waals surface area contributed by atoms with Crippen molar-refractivity contribution in [2.75, 3.05) is 20.3 Å². The third-order valence-corrected chi connectivity index (χ3v) is 3.44. The Labute approximate surface area is 111 Å². The SMILES string of the molecule is CNC(c1ccc(OC(F)F)cc1)C1CCCOC1. The maximum absolute atomic E-state index is 12.1. The van der Waals surface area contributed by atoms with Gasteiger partial charge in [0.05, 0.1) is 6.61 Å². The van der Waals surface area contributed by atoms with Crippen LogP contribution in [0, 0.1) is 5.92 Å². The molecule has 19 heavy (non-hydrogen) atoms. The normalized spacial score (nSPS) is 21.4. The van der Waals surface area contributed by atoms with E-state index >= 15 is 0 Å². The summed E-state index contributed by atoms with van der Waals surface area (Å²) in [4.78, 5) is 0. The Morgan fingerprint density at radius 2 is 2.05 bits per heavy atom. The van der Waals surface area contributed by atoms with Crippen LogP contribution in [0.4, 0.5) is 8.78 Å². The summed E-state index contributed by atoms with van der Waals surface area (Å²) in [5, 5.41) is 3.28. The van der Waals surface area contributed by atoms with Crippen molar-refractivity contribution in [3.05, 3.63) is 29.8 Å². The first-order valence-corrected chi connectivity index (χ1v) is 6.50. The lowest BCUT2D eigenvalue weighted by Gasteiger charge is -2.30. The molecular weight excluding hydrogens is 252 g/mol. The summed E-state index contributed by atoms with van der Waals surface area (Å²) in [6.45, 7) is -1.22. The zero-order chi connectivity index (χ0) is 13.7. The van der Waals surface area contributed by atoms with E-state index < -0.39 is 6.61 Å². The molecule has 1 saturated heterocycles. The Kier molecular flexibility index (Phi) is 5.10. The summed E-state index contributed by atoms with van der Waals surface area (Å²) in [5.74, 6) is 0.606. The van der Waals surface area contributed by atoms with Crippen LogP contribution in [0.3, 0.4) is 0 Å². The van der Waals surface area contributed by atoms with E-state index in [0.717, 1.165) is 31.6 Å². The van der Waals surface area contributed by atoms with Crippen LogP contribution in [-0.2, 0) is 4.74 Å². The summed E-state index contributed by atoms with van der Waals surface area (Å²) >= 11 is 0. The second-order valence-corrected chi connectivity index (χ2v) is 4.69. The van der Waals surface area contributed by atoms with Gasteiger partial charge < -0.3 is 14.8 Å². The first kappa shape index (κ1) is 14.2. The van der Waals surface area contributed by atoms with Gasteiger partial charge in [-0.15, -0.1) is 0 Å². The van der Waals surface area contributed by atoms with Gasteiger partial charge in [-0.3, -0.25) is 0 Å². The number of ether oxygens (including phenoxy) is 2. The van der Waals surface area contributed by atoms with Crippen molar-refractivity contribution < 1.29 is 18.3 Å². The molecule has 1 aromatic carbocycles. The van der Waals surface area contributed by atoms with E-state index in [1.807, 2.05) is 19.2 Å². The maximum atomic E-state index is 12.1. The van der Waals surface area contributed by atoms with E-state index in [0.29, 0.717) is 5.92 Å². The third kappa shape index (κ3) is 3.88. The molecule has 5 heteroatoms. The van der Waals surface area contributed by atoms with Crippen LogP contribution in [-0.4, -0.2) is 26.9 Å². The molecular formula is C14H19F2NO2. The molecule has 0 radical (unpaired) electrons. The summed E-state index contributed by atoms with van der Waals surface area (Å²) < 4.78 is 34.0. The molecule has 2 atom stereocenters. The van der Waals surface area contributed by atoms with E-state index in [1.54, 1.807) is 12.1 Å². The standard InChI is InChI=1S/C14H19F2NO2/c1-17-13(11-3-2-8-18-9-11)10-4-6-12(7-5-10)19-14(15)16/h4-7,11,13-14,17H,2-3,8-9H2,1H3. The lowest BCUT2D eigenvalue weighted by Crippen LogP contribution is -2.31. The van der Waals surface area contributed by atoms with Crippen molar-refractivity contribution in [3.63, 3.8) is 0 Å². The van der Waals surface area contributed by atoms with Gasteiger partial charge in [0.2, 0.25) is 0 Å². The van der Waals surface area contributed by atoms with Gasteiger partial charge in [-0.05, 0) is 37.6 Å². The molecule has 0 bridgehead atoms. The smallest absolute Gasteiger partial charge is 0.387 e. The number of benzene rings is 1. The van der Waals surface area contributed by atoms with Gasteiger partial charge in [-0.2, -0.15) is 8.78 Å². The van der Waals surface area contributed by atoms with Crippen LogP contribution in [0.25, 0.3) is 0 Å². The highest BCUT2D eigenvalue weighted by atomic mass is 19.3. The fraction of sp³-hybridized carbons (Fsp3) is 0.571. The van der Waals surface area contributed by atoms with Gasteiger partial charge in [0.1, 0.15) is 5.75 Å². The second-order valence-electron chi connectivity index (χ2n) is 4.69. The first-order valence-electron chi connectivity index (χ1n) is 6.50. The molecule has 0 aliphatic carbocycles. The average molecular weight is 271 g/mol. The lowest BCUT2D eigenvalue weighted by molar-refractivity contribution is -0.0498. The Morgan fingerprint density at radius 3 is 2.58 bits per heavy atom. The van der Waals surface area contributed by atoms with Gasteiger partial charge in [-0.1, -0.05) is 12.1 Å². The molecule has 106 valence electrons. The van der Waals surface area contributed by atoms with Gasteiger partial charge in [0.25, 0.3) is 0 Å². The molecule has 1 aromatic rings. The molecule has 0 saturated carbocycles. The Bertz CT molecular complexity index is 378. The van der Waals surface area contributed by atoms with Crippen molar-refractivity contribution >= 4 is 0 Å². The summed E-state index contributed by atoms with van der Waals surface area (Å²) in [6.07, 6.45) is 2.18. The van der Waals surface area contributed by atoms with Gasteiger partial charge in [0.15, 0.2) is 0 Å². The van der Waals surface area contributed by atoms with Crippen molar-refractivity contribution in [1.82, 2.24) is 5.32 Å². The Balaban J connectivity index is 2.05. The Morgan fingerprint density at radius 1 is 1.32 bits per heavy atom. The first-order chi connectivity index (χ1) is 9.20. The van der Waals surface area contributed by atoms with E-state index in [2.05, 4.69) is 10.1 Å². The Hall–Kier alpha value is -1.20. The van der Waals surface area contributed by atoms with Gasteiger partial charge in [0, 0.05) is 18.6 Å². The molecule has 1 N–H and O–H groups in total. The number of nitrogens with one attached hydrogen (secondary N) is 1. The number of hydrogen-bond donors (Lipinski definition) is 1. The highest BCUT2D eigenvalue weighted by Crippen LogP contribution is 2.29. The number of halogens is 2. The van der Waals surface area contributed by atoms with E-state index in [1.165, 1.54) is 0 Å². The van der Waals surface area contributed by atoms with Crippen LogP contribution in [0.15, 0.2) is 24.3 Å². The molecule has 0 aromatic heterocycles. The quantitative estimate of drug-likeness (QED) is 0.893. The van der Waals surface area contributed by atoms with Crippen LogP contribution in [0.2, 0.25) is 0 Å². The summed E-state index contributed by atoms with van der Waals surface area (Å²) in [5.41, 5.74) is 1.07. The minimum Gasteiger partial charge on any atom is -0.435 e. The monoisotopic (exact) mass is 271 g/mol. The minimum atomic E-state index is -2.78. The molecule has 1 aliphatic heterocycles. The number of alkyl halides is 2. The summed E-state index contributed by atoms with van der Waals surface area (Å²) in [6, 6.07) is 6.99. The number of hydrogen-bond acceptors (Lipinski definition) is 3. The average Bonchev–Trinajstić information content (AvgIpc) is 2.42. The zero-order valence-electron chi connectivity index (χ0n) is 10.9. The van der Waals surface area contributed by atoms with Crippen molar-refractivity contribution in [2.24, 2.45) is 5.92 Å². The van der Waals surface area contributed by atoms with Gasteiger partial charge in [-0.25, -0.2) is 0 Å². The van der Waals surface area contributed by atoms with Crippen LogP contribution >= 0.6 is 0 Å². The number of rotatable bonds is 5. The molecule has 2 unspecified atom stereocenters. The van der Waals surface area contributed by atoms with E-state index in [9.17, 15) is 8.78 Å². The fourth-order valence-corrected chi connectivity index (χ4v) is 2.56. The molecule has 1 heterocycles. The molecule has 1 aliphatic rings. The largest absolute Gasteiger partial charge is 0.435 e. The van der Waals surface area contributed by atoms with Crippen molar-refractivity contribution in [3.8, 4) is 5.75 Å². The summed E-state index contributed by atoms with van der Waals surface area (Å²) in [7, 11) is 1.91. The molecule has 2 rings (SSSR count). The van der Waals surface area contributed by atoms with E-state index in [4.69, 9.17) is 4.74 Å². The maximum Gasteiger partial charge on any atom is 0.387 e. The molecule has 1 fully saturated rings.